The summed E-state index contributed by atoms with van der Waals surface area (Å²) in [5, 5.41) is 8.44. The van der Waals surface area contributed by atoms with Gasteiger partial charge in [0.05, 0.1) is 17.9 Å². The van der Waals surface area contributed by atoms with Gasteiger partial charge in [0.2, 0.25) is 5.76 Å². The third kappa shape index (κ3) is 3.49. The van der Waals surface area contributed by atoms with Crippen LogP contribution in [0.2, 0.25) is 0 Å². The number of hydrogen-bond acceptors (Lipinski definition) is 6. The highest BCUT2D eigenvalue weighted by Gasteiger charge is 2.29. The minimum absolute atomic E-state index is 0.121. The number of carbonyl (C=O) groups excluding carboxylic acids is 1. The Morgan fingerprint density at radius 2 is 1.90 bits per heavy atom. The van der Waals surface area contributed by atoms with Crippen molar-refractivity contribution in [1.29, 1.82) is 0 Å². The van der Waals surface area contributed by atoms with E-state index < -0.39 is 0 Å². The number of aromatic nitrogens is 3. The quantitative estimate of drug-likeness (QED) is 0.663. The van der Waals surface area contributed by atoms with Crippen LogP contribution in [0.5, 0.6) is 0 Å². The van der Waals surface area contributed by atoms with Crippen molar-refractivity contribution in [2.45, 2.75) is 25.3 Å². The van der Waals surface area contributed by atoms with E-state index in [0.717, 1.165) is 43.6 Å². The van der Waals surface area contributed by atoms with Gasteiger partial charge in [0, 0.05) is 43.9 Å². The lowest BCUT2D eigenvalue weighted by atomic mass is 10.1. The van der Waals surface area contributed by atoms with Crippen LogP contribution >= 0.6 is 0 Å². The predicted molar refractivity (Wildman–Crippen MR) is 111 cm³/mol. The average molecular weight is 405 g/mol. The van der Waals surface area contributed by atoms with E-state index in [9.17, 15) is 9.59 Å². The Labute approximate surface area is 173 Å². The maximum absolute atomic E-state index is 13.0. The summed E-state index contributed by atoms with van der Waals surface area (Å²) in [6.45, 7) is 2.99. The molecule has 2 saturated heterocycles. The lowest BCUT2D eigenvalue weighted by Gasteiger charge is -2.34. The zero-order valence-corrected chi connectivity index (χ0v) is 16.6. The fourth-order valence-corrected chi connectivity index (χ4v) is 4.05. The molecule has 2 fully saturated rings. The van der Waals surface area contributed by atoms with E-state index >= 15 is 0 Å². The first-order valence-corrected chi connectivity index (χ1v) is 10.3. The van der Waals surface area contributed by atoms with Crippen molar-refractivity contribution in [2.75, 3.05) is 31.1 Å². The van der Waals surface area contributed by atoms with E-state index in [1.54, 1.807) is 23.2 Å². The molecule has 0 radical (unpaired) electrons. The van der Waals surface area contributed by atoms with Gasteiger partial charge in [-0.25, -0.2) is 4.68 Å². The molecule has 0 N–H and O–H groups in total. The molecule has 2 aromatic heterocycles. The second-order valence-corrected chi connectivity index (χ2v) is 7.83. The van der Waals surface area contributed by atoms with E-state index in [4.69, 9.17) is 4.52 Å². The molecule has 3 aromatic rings. The summed E-state index contributed by atoms with van der Waals surface area (Å²) < 4.78 is 6.84. The van der Waals surface area contributed by atoms with Crippen LogP contribution in [-0.4, -0.2) is 51.9 Å². The summed E-state index contributed by atoms with van der Waals surface area (Å²) >= 11 is 0. The Morgan fingerprint density at radius 1 is 1.07 bits per heavy atom. The summed E-state index contributed by atoms with van der Waals surface area (Å²) in [6.07, 6.45) is 4.52. The zero-order valence-electron chi connectivity index (χ0n) is 16.6. The van der Waals surface area contributed by atoms with Crippen LogP contribution in [0.4, 0.5) is 5.69 Å². The Morgan fingerprint density at radius 3 is 2.63 bits per heavy atom. The number of carbonyl (C=O) groups is 1. The lowest BCUT2D eigenvalue weighted by molar-refractivity contribution is 0.0628. The number of amides is 1. The largest absolute Gasteiger partial charge is 0.370 e. The standard InChI is InChI=1S/C22H23N5O3/c28-21-12-18(25-10-5-11-25)14-23-27(21)17-8-4-9-26(15-17)22(29)20-13-19(24-30-20)16-6-2-1-3-7-16/h1-3,6-7,12-14,17H,4-5,8-11,15H2/t17-/m1/s1. The average Bonchev–Trinajstić information content (AvgIpc) is 3.23. The molecule has 8 heteroatoms. The van der Waals surface area contributed by atoms with Gasteiger partial charge in [0.1, 0.15) is 5.69 Å². The van der Waals surface area contributed by atoms with Crippen LogP contribution in [-0.2, 0) is 0 Å². The monoisotopic (exact) mass is 405 g/mol. The number of nitrogens with zero attached hydrogens (tertiary/aromatic N) is 5. The highest BCUT2D eigenvalue weighted by atomic mass is 16.5. The van der Waals surface area contributed by atoms with Gasteiger partial charge in [0.25, 0.3) is 11.5 Å². The normalized spacial score (nSPS) is 18.9. The van der Waals surface area contributed by atoms with Crippen molar-refractivity contribution >= 4 is 11.6 Å². The van der Waals surface area contributed by atoms with Gasteiger partial charge in [-0.3, -0.25) is 9.59 Å². The molecule has 2 aliphatic heterocycles. The van der Waals surface area contributed by atoms with Crippen molar-refractivity contribution in [2.24, 2.45) is 0 Å². The molecule has 4 heterocycles. The molecule has 8 nitrogen and oxygen atoms in total. The van der Waals surface area contributed by atoms with Crippen LogP contribution in [0.15, 0.2) is 58.0 Å². The second-order valence-electron chi connectivity index (χ2n) is 7.83. The van der Waals surface area contributed by atoms with Gasteiger partial charge in [-0.2, -0.15) is 5.10 Å². The molecule has 30 heavy (non-hydrogen) atoms. The Balaban J connectivity index is 1.31. The van der Waals surface area contributed by atoms with Gasteiger partial charge < -0.3 is 14.3 Å². The van der Waals surface area contributed by atoms with Crippen molar-refractivity contribution < 1.29 is 9.32 Å². The van der Waals surface area contributed by atoms with Crippen LogP contribution in [0.3, 0.4) is 0 Å². The third-order valence-corrected chi connectivity index (χ3v) is 5.85. The molecule has 5 rings (SSSR count). The second kappa shape index (κ2) is 7.78. The third-order valence-electron chi connectivity index (χ3n) is 5.85. The molecular formula is C22H23N5O3. The zero-order chi connectivity index (χ0) is 20.5. The van der Waals surface area contributed by atoms with Crippen molar-refractivity contribution in [3.63, 3.8) is 0 Å². The van der Waals surface area contributed by atoms with Gasteiger partial charge >= 0.3 is 0 Å². The van der Waals surface area contributed by atoms with Crippen molar-refractivity contribution in [3.8, 4) is 11.3 Å². The lowest BCUT2D eigenvalue weighted by Crippen LogP contribution is -2.44. The number of benzene rings is 1. The molecule has 0 saturated carbocycles. The van der Waals surface area contributed by atoms with Gasteiger partial charge in [-0.15, -0.1) is 0 Å². The molecule has 1 amide bonds. The summed E-state index contributed by atoms with van der Waals surface area (Å²) in [7, 11) is 0. The van der Waals surface area contributed by atoms with Crippen LogP contribution in [0, 0.1) is 0 Å². The number of anilines is 1. The summed E-state index contributed by atoms with van der Waals surface area (Å²) in [5.74, 6) is 0.00238. The van der Waals surface area contributed by atoms with Crippen LogP contribution in [0.25, 0.3) is 11.3 Å². The van der Waals surface area contributed by atoms with Crippen molar-refractivity contribution in [1.82, 2.24) is 19.8 Å². The first kappa shape index (κ1) is 18.6. The van der Waals surface area contributed by atoms with Gasteiger partial charge in [-0.1, -0.05) is 35.5 Å². The molecule has 2 aliphatic rings. The first-order chi connectivity index (χ1) is 14.7. The van der Waals surface area contributed by atoms with Crippen molar-refractivity contribution in [3.05, 3.63) is 64.8 Å². The Kier molecular flexibility index (Phi) is 4.82. The fourth-order valence-electron chi connectivity index (χ4n) is 4.05. The van der Waals surface area contributed by atoms with Gasteiger partial charge in [-0.05, 0) is 19.3 Å². The Bertz CT molecular complexity index is 1100. The summed E-state index contributed by atoms with van der Waals surface area (Å²) in [4.78, 5) is 29.5. The minimum Gasteiger partial charge on any atom is -0.370 e. The molecular weight excluding hydrogens is 382 g/mol. The van der Waals surface area contributed by atoms with Crippen LogP contribution in [0.1, 0.15) is 35.9 Å². The number of piperidine rings is 1. The molecule has 1 atom stereocenters. The van der Waals surface area contributed by atoms with E-state index in [-0.39, 0.29) is 23.3 Å². The topological polar surface area (TPSA) is 84.5 Å². The minimum atomic E-state index is -0.209. The summed E-state index contributed by atoms with van der Waals surface area (Å²) in [5.41, 5.74) is 2.29. The first-order valence-electron chi connectivity index (χ1n) is 10.3. The molecule has 0 bridgehead atoms. The van der Waals surface area contributed by atoms with E-state index in [1.165, 1.54) is 4.68 Å². The highest BCUT2D eigenvalue weighted by Crippen LogP contribution is 2.24. The maximum atomic E-state index is 13.0. The molecule has 0 spiro atoms. The SMILES string of the molecule is O=C(c1cc(-c2ccccc2)no1)N1CCC[C@@H](n2ncc(N3CCC3)cc2=O)C1. The Hall–Kier alpha value is -3.42. The van der Waals surface area contributed by atoms with E-state index in [1.807, 2.05) is 30.3 Å². The molecule has 0 unspecified atom stereocenters. The smallest absolute Gasteiger partial charge is 0.292 e. The fraction of sp³-hybridized carbons (Fsp3) is 0.364. The molecule has 0 aliphatic carbocycles. The summed E-state index contributed by atoms with van der Waals surface area (Å²) in [6, 6.07) is 12.8. The number of likely N-dealkylation sites (tertiary alicyclic amines) is 1. The van der Waals surface area contributed by atoms with E-state index in [0.29, 0.717) is 18.8 Å². The van der Waals surface area contributed by atoms with Gasteiger partial charge in [0.15, 0.2) is 0 Å². The highest BCUT2D eigenvalue weighted by molar-refractivity contribution is 5.92. The predicted octanol–water partition coefficient (Wildman–Crippen LogP) is 2.59. The van der Waals surface area contributed by atoms with E-state index in [2.05, 4.69) is 15.2 Å². The molecule has 1 aromatic carbocycles. The van der Waals surface area contributed by atoms with Crippen LogP contribution < -0.4 is 10.5 Å². The molecule has 154 valence electrons. The number of hydrogen-bond donors (Lipinski definition) is 0. The number of rotatable bonds is 4. The maximum Gasteiger partial charge on any atom is 0.292 e.